The van der Waals surface area contributed by atoms with Crippen LogP contribution in [0.15, 0.2) is 23.0 Å². The van der Waals surface area contributed by atoms with Crippen molar-refractivity contribution in [3.63, 3.8) is 0 Å². The summed E-state index contributed by atoms with van der Waals surface area (Å²) in [7, 11) is 1.60. The highest BCUT2D eigenvalue weighted by Gasteiger charge is 2.33. The zero-order valence-corrected chi connectivity index (χ0v) is 15.7. The Hall–Kier alpha value is -2.94. The minimum absolute atomic E-state index is 0.0605. The summed E-state index contributed by atoms with van der Waals surface area (Å²) in [5.74, 6) is 2.40. The lowest BCUT2D eigenvalue weighted by Gasteiger charge is -2.28. The average Bonchev–Trinajstić information content (AvgIpc) is 3.38. The molecule has 2 aliphatic rings. The number of ether oxygens (including phenoxy) is 1. The second-order valence-electron chi connectivity index (χ2n) is 7.43. The number of methoxy groups -OCH3 is 1. The summed E-state index contributed by atoms with van der Waals surface area (Å²) < 4.78 is 8.85. The normalized spacial score (nSPS) is 16.5. The number of aromatic amines is 1. The lowest BCUT2D eigenvalue weighted by atomic mass is 10.1. The van der Waals surface area contributed by atoms with Gasteiger partial charge in [0.15, 0.2) is 5.82 Å². The topological polar surface area (TPSA) is 98.0 Å². The number of carbonyl (C=O) groups excluding carboxylic acids is 1. The second-order valence-corrected chi connectivity index (χ2v) is 7.43. The number of H-pyrrole nitrogens is 1. The molecule has 0 radical (unpaired) electrons. The van der Waals surface area contributed by atoms with Crippen molar-refractivity contribution in [1.82, 2.24) is 29.2 Å². The Balaban J connectivity index is 1.39. The predicted octanol–water partition coefficient (Wildman–Crippen LogP) is 1.10. The molecule has 2 aromatic heterocycles. The molecule has 9 nitrogen and oxygen atoms in total. The maximum Gasteiger partial charge on any atom is 0.326 e. The van der Waals surface area contributed by atoms with Gasteiger partial charge in [0.25, 0.3) is 5.91 Å². The minimum atomic E-state index is -0.199. The molecule has 0 saturated heterocycles. The third-order valence-corrected chi connectivity index (χ3v) is 5.55. The third-order valence-electron chi connectivity index (χ3n) is 5.55. The van der Waals surface area contributed by atoms with Crippen LogP contribution in [-0.2, 0) is 24.4 Å². The lowest BCUT2D eigenvalue weighted by molar-refractivity contribution is 0.0706. The van der Waals surface area contributed by atoms with Crippen LogP contribution in [-0.4, -0.2) is 55.4 Å². The van der Waals surface area contributed by atoms with Crippen LogP contribution in [0.4, 0.5) is 0 Å². The highest BCUT2D eigenvalue weighted by molar-refractivity contribution is 5.97. The van der Waals surface area contributed by atoms with Gasteiger partial charge in [0.2, 0.25) is 0 Å². The van der Waals surface area contributed by atoms with E-state index in [4.69, 9.17) is 4.74 Å². The molecule has 0 unspecified atom stereocenters. The summed E-state index contributed by atoms with van der Waals surface area (Å²) in [6.45, 7) is 2.74. The molecule has 9 heteroatoms. The van der Waals surface area contributed by atoms with E-state index in [-0.39, 0.29) is 11.6 Å². The molecule has 1 aliphatic carbocycles. The van der Waals surface area contributed by atoms with Gasteiger partial charge in [-0.2, -0.15) is 0 Å². The summed E-state index contributed by atoms with van der Waals surface area (Å²) >= 11 is 0. The fourth-order valence-corrected chi connectivity index (χ4v) is 3.88. The number of carbonyl (C=O) groups is 1. The van der Waals surface area contributed by atoms with Crippen LogP contribution in [0.25, 0.3) is 11.0 Å². The van der Waals surface area contributed by atoms with Crippen LogP contribution >= 0.6 is 0 Å². The number of rotatable bonds is 5. The molecule has 1 fully saturated rings. The first kappa shape index (κ1) is 17.2. The fourth-order valence-electron chi connectivity index (χ4n) is 3.88. The first-order chi connectivity index (χ1) is 13.7. The van der Waals surface area contributed by atoms with Gasteiger partial charge in [0.1, 0.15) is 5.82 Å². The summed E-state index contributed by atoms with van der Waals surface area (Å²) in [5.41, 5.74) is 1.78. The monoisotopic (exact) mass is 382 g/mol. The number of benzene rings is 1. The molecule has 3 aromatic rings. The Bertz CT molecular complexity index is 1110. The average molecular weight is 382 g/mol. The van der Waals surface area contributed by atoms with E-state index in [1.54, 1.807) is 28.7 Å². The maximum atomic E-state index is 13.0. The minimum Gasteiger partial charge on any atom is -0.383 e. The van der Waals surface area contributed by atoms with E-state index in [1.165, 1.54) is 12.8 Å². The molecular weight excluding hydrogens is 360 g/mol. The van der Waals surface area contributed by atoms with Gasteiger partial charge in [0.05, 0.1) is 30.7 Å². The Morgan fingerprint density at radius 2 is 2.14 bits per heavy atom. The predicted molar refractivity (Wildman–Crippen MR) is 101 cm³/mol. The zero-order chi connectivity index (χ0) is 19.3. The molecule has 146 valence electrons. The van der Waals surface area contributed by atoms with Crippen LogP contribution in [0.2, 0.25) is 0 Å². The van der Waals surface area contributed by atoms with Gasteiger partial charge in [0, 0.05) is 31.7 Å². The van der Waals surface area contributed by atoms with Gasteiger partial charge in [-0.05, 0) is 31.0 Å². The van der Waals surface area contributed by atoms with Crippen LogP contribution in [0, 0.1) is 0 Å². The number of nitrogens with zero attached hydrogens (tertiary/aromatic N) is 5. The summed E-state index contributed by atoms with van der Waals surface area (Å²) in [6, 6.07) is 5.33. The van der Waals surface area contributed by atoms with E-state index >= 15 is 0 Å². The molecule has 1 N–H and O–H groups in total. The lowest BCUT2D eigenvalue weighted by Crippen LogP contribution is -2.38. The maximum absolute atomic E-state index is 13.0. The van der Waals surface area contributed by atoms with Gasteiger partial charge in [-0.15, -0.1) is 10.2 Å². The Kier molecular flexibility index (Phi) is 4.04. The fraction of sp³-hybridized carbons (Fsp3) is 0.474. The highest BCUT2D eigenvalue weighted by atomic mass is 16.5. The number of amides is 1. The first-order valence-corrected chi connectivity index (χ1v) is 9.58. The quantitative estimate of drug-likeness (QED) is 0.713. The van der Waals surface area contributed by atoms with Crippen LogP contribution in [0.3, 0.4) is 0 Å². The Labute approximate surface area is 160 Å². The molecule has 3 heterocycles. The molecule has 5 rings (SSSR count). The molecule has 1 amide bonds. The van der Waals surface area contributed by atoms with E-state index in [0.29, 0.717) is 43.2 Å². The number of hydrogen-bond acceptors (Lipinski definition) is 5. The van der Waals surface area contributed by atoms with Crippen molar-refractivity contribution >= 4 is 16.9 Å². The van der Waals surface area contributed by atoms with Crippen LogP contribution in [0.5, 0.6) is 0 Å². The number of imidazole rings is 1. The van der Waals surface area contributed by atoms with Gasteiger partial charge in [-0.3, -0.25) is 9.36 Å². The van der Waals surface area contributed by atoms with Crippen molar-refractivity contribution in [2.24, 2.45) is 0 Å². The number of hydrogen-bond donors (Lipinski definition) is 1. The molecule has 1 saturated carbocycles. The molecule has 0 bridgehead atoms. The van der Waals surface area contributed by atoms with Crippen molar-refractivity contribution in [2.75, 3.05) is 20.3 Å². The van der Waals surface area contributed by atoms with E-state index in [1.807, 2.05) is 6.07 Å². The van der Waals surface area contributed by atoms with Crippen molar-refractivity contribution < 1.29 is 9.53 Å². The smallest absolute Gasteiger partial charge is 0.326 e. The summed E-state index contributed by atoms with van der Waals surface area (Å²) in [6.07, 6.45) is 2.37. The third kappa shape index (κ3) is 2.82. The number of fused-ring (bicyclic) bond motifs is 2. The highest BCUT2D eigenvalue weighted by Crippen LogP contribution is 2.39. The molecule has 0 atom stereocenters. The second kappa shape index (κ2) is 6.59. The standard InChI is InChI=1S/C19H22N6O3/c1-28-9-8-24-15-5-4-13(10-14(15)20-19(24)27)18(26)23-6-7-25-16(11-23)21-22-17(25)12-2-3-12/h4-5,10,12H,2-3,6-9,11H2,1H3,(H,20,27). The van der Waals surface area contributed by atoms with Gasteiger partial charge < -0.3 is 19.2 Å². The SMILES string of the molecule is COCCn1c(=O)[nH]c2cc(C(=O)N3CCn4c(nnc4C4CC4)C3)ccc21. The van der Waals surface area contributed by atoms with Gasteiger partial charge in [-0.25, -0.2) is 4.79 Å². The number of nitrogens with one attached hydrogen (secondary N) is 1. The van der Waals surface area contributed by atoms with E-state index < -0.39 is 0 Å². The van der Waals surface area contributed by atoms with Crippen LogP contribution in [0.1, 0.15) is 40.8 Å². The zero-order valence-electron chi connectivity index (χ0n) is 15.7. The van der Waals surface area contributed by atoms with E-state index in [9.17, 15) is 9.59 Å². The molecule has 1 aliphatic heterocycles. The van der Waals surface area contributed by atoms with Crippen molar-refractivity contribution in [3.8, 4) is 0 Å². The summed E-state index contributed by atoms with van der Waals surface area (Å²) in [5, 5.41) is 8.62. The largest absolute Gasteiger partial charge is 0.383 e. The summed E-state index contributed by atoms with van der Waals surface area (Å²) in [4.78, 5) is 29.8. The van der Waals surface area contributed by atoms with E-state index in [2.05, 4.69) is 19.7 Å². The first-order valence-electron chi connectivity index (χ1n) is 9.58. The molecule has 1 aromatic carbocycles. The van der Waals surface area contributed by atoms with Crippen molar-refractivity contribution in [3.05, 3.63) is 45.9 Å². The van der Waals surface area contributed by atoms with E-state index in [0.717, 1.165) is 23.7 Å². The van der Waals surface area contributed by atoms with Crippen molar-refractivity contribution in [2.45, 2.75) is 38.4 Å². The van der Waals surface area contributed by atoms with Crippen molar-refractivity contribution in [1.29, 1.82) is 0 Å². The molecular formula is C19H22N6O3. The molecule has 28 heavy (non-hydrogen) atoms. The molecule has 0 spiro atoms. The Morgan fingerprint density at radius 3 is 2.93 bits per heavy atom. The van der Waals surface area contributed by atoms with Gasteiger partial charge >= 0.3 is 5.69 Å². The number of aromatic nitrogens is 5. The van der Waals surface area contributed by atoms with Crippen LogP contribution < -0.4 is 5.69 Å². The van der Waals surface area contributed by atoms with Gasteiger partial charge in [-0.1, -0.05) is 0 Å². The Morgan fingerprint density at radius 1 is 1.29 bits per heavy atom.